The molecule has 0 fully saturated rings. The molecule has 88 valence electrons. The highest BCUT2D eigenvalue weighted by atomic mass is 16.1. The molecule has 2 rings (SSSR count). The Hall–Kier alpha value is -2.21. The molecule has 2 heterocycles. The van der Waals surface area contributed by atoms with E-state index in [-0.39, 0.29) is 11.7 Å². The number of amides is 1. The molecule has 1 atom stereocenters. The fourth-order valence-electron chi connectivity index (χ4n) is 1.43. The van der Waals surface area contributed by atoms with Gasteiger partial charge in [0.15, 0.2) is 5.82 Å². The van der Waals surface area contributed by atoms with Crippen LogP contribution in [0.4, 0.5) is 0 Å². The second-order valence-corrected chi connectivity index (χ2v) is 3.75. The fourth-order valence-corrected chi connectivity index (χ4v) is 1.43. The topological polar surface area (TPSA) is 99.8 Å². The normalized spacial score (nSPS) is 12.4. The van der Waals surface area contributed by atoms with Crippen LogP contribution in [0.1, 0.15) is 29.0 Å². The average Bonchev–Trinajstić information content (AvgIpc) is 2.78. The van der Waals surface area contributed by atoms with Crippen LogP contribution in [0.2, 0.25) is 0 Å². The summed E-state index contributed by atoms with van der Waals surface area (Å²) in [5.41, 5.74) is 12.1. The van der Waals surface area contributed by atoms with Crippen LogP contribution >= 0.6 is 0 Å². The zero-order valence-corrected chi connectivity index (χ0v) is 9.37. The van der Waals surface area contributed by atoms with Crippen LogP contribution in [0.15, 0.2) is 30.6 Å². The molecule has 0 saturated heterocycles. The van der Waals surface area contributed by atoms with Gasteiger partial charge in [-0.1, -0.05) is 0 Å². The van der Waals surface area contributed by atoms with Crippen LogP contribution in [0.3, 0.4) is 0 Å². The maximum absolute atomic E-state index is 10.9. The van der Waals surface area contributed by atoms with E-state index in [9.17, 15) is 4.79 Å². The first-order valence-corrected chi connectivity index (χ1v) is 5.15. The van der Waals surface area contributed by atoms with Gasteiger partial charge in [0, 0.05) is 18.4 Å². The van der Waals surface area contributed by atoms with Crippen LogP contribution in [-0.2, 0) is 0 Å². The number of hydrogen-bond acceptors (Lipinski definition) is 4. The van der Waals surface area contributed by atoms with Crippen molar-refractivity contribution in [3.8, 4) is 5.82 Å². The number of carbonyl (C=O) groups excluding carboxylic acids is 1. The highest BCUT2D eigenvalue weighted by molar-refractivity contribution is 5.90. The van der Waals surface area contributed by atoms with Gasteiger partial charge in [-0.2, -0.15) is 5.10 Å². The lowest BCUT2D eigenvalue weighted by Crippen LogP contribution is -2.12. The van der Waals surface area contributed by atoms with Crippen molar-refractivity contribution in [2.75, 3.05) is 0 Å². The minimum atomic E-state index is -0.563. The molecule has 0 aromatic carbocycles. The molecule has 2 aromatic rings. The van der Waals surface area contributed by atoms with Gasteiger partial charge in [0.1, 0.15) is 5.69 Å². The van der Waals surface area contributed by atoms with Crippen LogP contribution < -0.4 is 11.5 Å². The predicted octanol–water partition coefficient (Wildman–Crippen LogP) is 0.386. The summed E-state index contributed by atoms with van der Waals surface area (Å²) >= 11 is 0. The summed E-state index contributed by atoms with van der Waals surface area (Å²) in [6.07, 6.45) is 3.28. The minimum Gasteiger partial charge on any atom is -0.364 e. The van der Waals surface area contributed by atoms with Crippen molar-refractivity contribution in [2.24, 2.45) is 11.5 Å². The Morgan fingerprint density at radius 3 is 2.82 bits per heavy atom. The first-order valence-electron chi connectivity index (χ1n) is 5.15. The van der Waals surface area contributed by atoms with Gasteiger partial charge in [-0.3, -0.25) is 4.79 Å². The third kappa shape index (κ3) is 2.31. The van der Waals surface area contributed by atoms with Crippen molar-refractivity contribution in [3.63, 3.8) is 0 Å². The van der Waals surface area contributed by atoms with Crippen molar-refractivity contribution in [1.29, 1.82) is 0 Å². The molecule has 2 aromatic heterocycles. The average molecular weight is 231 g/mol. The molecule has 0 radical (unpaired) electrons. The van der Waals surface area contributed by atoms with Gasteiger partial charge in [-0.05, 0) is 30.7 Å². The Labute approximate surface area is 98.3 Å². The molecule has 1 amide bonds. The largest absolute Gasteiger partial charge is 0.364 e. The summed E-state index contributed by atoms with van der Waals surface area (Å²) in [4.78, 5) is 15.1. The number of hydrogen-bond donors (Lipinski definition) is 2. The number of rotatable bonds is 3. The third-order valence-electron chi connectivity index (χ3n) is 2.37. The summed E-state index contributed by atoms with van der Waals surface area (Å²) in [5.74, 6) is 0.0411. The van der Waals surface area contributed by atoms with E-state index in [1.165, 1.54) is 4.68 Å². The van der Waals surface area contributed by atoms with E-state index in [0.29, 0.717) is 5.82 Å². The second kappa shape index (κ2) is 4.34. The Kier molecular flexibility index (Phi) is 2.88. The van der Waals surface area contributed by atoms with Gasteiger partial charge < -0.3 is 11.5 Å². The summed E-state index contributed by atoms with van der Waals surface area (Å²) in [6, 6.07) is 5.13. The Bertz CT molecular complexity index is 546. The van der Waals surface area contributed by atoms with Crippen LogP contribution in [0, 0.1) is 0 Å². The molecule has 6 nitrogen and oxygen atoms in total. The summed E-state index contributed by atoms with van der Waals surface area (Å²) in [6.45, 7) is 1.89. The molecule has 0 spiro atoms. The van der Waals surface area contributed by atoms with E-state index in [1.807, 2.05) is 19.1 Å². The van der Waals surface area contributed by atoms with E-state index in [1.54, 1.807) is 18.5 Å². The van der Waals surface area contributed by atoms with Gasteiger partial charge in [-0.25, -0.2) is 9.67 Å². The van der Waals surface area contributed by atoms with Gasteiger partial charge in [0.25, 0.3) is 5.91 Å². The smallest absolute Gasteiger partial charge is 0.269 e. The Morgan fingerprint density at radius 2 is 2.24 bits per heavy atom. The molecule has 0 unspecified atom stereocenters. The first-order chi connectivity index (χ1) is 8.08. The third-order valence-corrected chi connectivity index (χ3v) is 2.37. The first kappa shape index (κ1) is 11.3. The summed E-state index contributed by atoms with van der Waals surface area (Å²) in [5, 5.41) is 4.02. The van der Waals surface area contributed by atoms with Gasteiger partial charge in [0.05, 0.1) is 0 Å². The van der Waals surface area contributed by atoms with Crippen LogP contribution in [-0.4, -0.2) is 20.7 Å². The number of nitrogens with zero attached hydrogens (tertiary/aromatic N) is 3. The molecule has 0 aliphatic heterocycles. The maximum atomic E-state index is 10.9. The molecular weight excluding hydrogens is 218 g/mol. The number of carbonyl (C=O) groups is 1. The Morgan fingerprint density at radius 1 is 1.47 bits per heavy atom. The lowest BCUT2D eigenvalue weighted by atomic mass is 10.1. The second-order valence-electron chi connectivity index (χ2n) is 3.75. The lowest BCUT2D eigenvalue weighted by molar-refractivity contribution is 0.0995. The minimum absolute atomic E-state index is 0.0806. The van der Waals surface area contributed by atoms with E-state index in [4.69, 9.17) is 11.5 Å². The lowest BCUT2D eigenvalue weighted by Gasteiger charge is -2.07. The Balaban J connectivity index is 2.38. The molecule has 0 aliphatic carbocycles. The monoisotopic (exact) mass is 231 g/mol. The van der Waals surface area contributed by atoms with E-state index in [0.717, 1.165) is 5.56 Å². The quantitative estimate of drug-likeness (QED) is 0.797. The van der Waals surface area contributed by atoms with E-state index < -0.39 is 5.91 Å². The summed E-state index contributed by atoms with van der Waals surface area (Å²) < 4.78 is 1.49. The zero-order chi connectivity index (χ0) is 12.4. The highest BCUT2D eigenvalue weighted by Crippen LogP contribution is 2.12. The van der Waals surface area contributed by atoms with E-state index in [2.05, 4.69) is 10.1 Å². The molecule has 0 saturated carbocycles. The maximum Gasteiger partial charge on any atom is 0.269 e. The van der Waals surface area contributed by atoms with Crippen LogP contribution in [0.5, 0.6) is 0 Å². The molecule has 0 aliphatic rings. The predicted molar refractivity (Wildman–Crippen MR) is 62.5 cm³/mol. The van der Waals surface area contributed by atoms with Gasteiger partial charge >= 0.3 is 0 Å². The van der Waals surface area contributed by atoms with Crippen molar-refractivity contribution >= 4 is 5.91 Å². The van der Waals surface area contributed by atoms with Crippen molar-refractivity contribution < 1.29 is 4.79 Å². The fraction of sp³-hybridized carbons (Fsp3) is 0.182. The number of nitrogens with two attached hydrogens (primary N) is 2. The summed E-state index contributed by atoms with van der Waals surface area (Å²) in [7, 11) is 0. The molecular formula is C11H13N5O. The SMILES string of the molecule is C[C@H](N)c1ccnc(-n2ccc(C(N)=O)n2)c1. The zero-order valence-electron chi connectivity index (χ0n) is 9.37. The highest BCUT2D eigenvalue weighted by Gasteiger charge is 2.08. The molecule has 6 heteroatoms. The van der Waals surface area contributed by atoms with Crippen molar-refractivity contribution in [2.45, 2.75) is 13.0 Å². The number of primary amides is 1. The van der Waals surface area contributed by atoms with Crippen molar-refractivity contribution in [3.05, 3.63) is 41.9 Å². The van der Waals surface area contributed by atoms with Crippen molar-refractivity contribution in [1.82, 2.24) is 14.8 Å². The van der Waals surface area contributed by atoms with Crippen LogP contribution in [0.25, 0.3) is 5.82 Å². The van der Waals surface area contributed by atoms with E-state index >= 15 is 0 Å². The van der Waals surface area contributed by atoms with Gasteiger partial charge in [-0.15, -0.1) is 0 Å². The number of aromatic nitrogens is 3. The number of pyridine rings is 1. The standard InChI is InChI=1S/C11H13N5O/c1-7(12)8-2-4-14-10(6-8)16-5-3-9(15-16)11(13)17/h2-7H,12H2,1H3,(H2,13,17)/t7-/m0/s1. The molecule has 4 N–H and O–H groups in total. The molecule has 17 heavy (non-hydrogen) atoms. The van der Waals surface area contributed by atoms with Gasteiger partial charge in [0.2, 0.25) is 0 Å². The molecule has 0 bridgehead atoms.